The highest BCUT2D eigenvalue weighted by molar-refractivity contribution is 5.85. The van der Waals surface area contributed by atoms with E-state index in [0.29, 0.717) is 5.76 Å². The van der Waals surface area contributed by atoms with Gasteiger partial charge in [-0.1, -0.05) is 51.1 Å². The lowest BCUT2D eigenvalue weighted by Gasteiger charge is -2.50. The van der Waals surface area contributed by atoms with Crippen LogP contribution < -0.4 is 11.5 Å². The van der Waals surface area contributed by atoms with Gasteiger partial charge in [-0.2, -0.15) is 0 Å². The van der Waals surface area contributed by atoms with E-state index in [1.165, 1.54) is 0 Å². The molecule has 0 bridgehead atoms. The van der Waals surface area contributed by atoms with Gasteiger partial charge >= 0.3 is 6.03 Å². The number of aliphatic hydroxyl groups is 1. The van der Waals surface area contributed by atoms with Gasteiger partial charge in [-0.15, -0.1) is 12.4 Å². The Morgan fingerprint density at radius 3 is 2.23 bits per heavy atom. The lowest BCUT2D eigenvalue weighted by atomic mass is 9.72. The Morgan fingerprint density at radius 1 is 1.16 bits per heavy atom. The van der Waals surface area contributed by atoms with E-state index in [-0.39, 0.29) is 42.1 Å². The molecule has 31 heavy (non-hydrogen) atoms. The van der Waals surface area contributed by atoms with Crippen molar-refractivity contribution in [1.29, 1.82) is 0 Å². The molecule has 1 aromatic carbocycles. The highest BCUT2D eigenvalue weighted by Crippen LogP contribution is 2.49. The maximum atomic E-state index is 12.9. The molecule has 6 nitrogen and oxygen atoms in total. The van der Waals surface area contributed by atoms with Crippen LogP contribution in [0.3, 0.4) is 0 Å². The molecule has 2 aliphatic rings. The molecule has 1 aromatic rings. The number of nitrogens with two attached hydrogens (primary N) is 2. The third kappa shape index (κ3) is 4.70. The van der Waals surface area contributed by atoms with Crippen LogP contribution in [0.5, 0.6) is 0 Å². The summed E-state index contributed by atoms with van der Waals surface area (Å²) in [7, 11) is 1.61. The lowest BCUT2D eigenvalue weighted by Crippen LogP contribution is -2.59. The minimum Gasteiger partial charge on any atom is -0.512 e. The Kier molecular flexibility index (Phi) is 7.71. The topological polar surface area (TPSA) is 102 Å². The van der Waals surface area contributed by atoms with Crippen LogP contribution in [0.15, 0.2) is 53.5 Å². The van der Waals surface area contributed by atoms with E-state index < -0.39 is 11.6 Å². The standard InChI is InChI=1S/C24H35N3O3.ClH/c1-23(2,3)19-14-21(30-4)24(15-20(19)28,16-8-6-5-7-9-16)27(22(26)29)18-12-10-17(25)11-13-18;/h5-9,14,17-18,28H,10-13,15,25H2,1-4H3,(H2,26,29);1H. The number of methoxy groups -OCH3 is 1. The number of aliphatic hydroxyl groups excluding tert-OH is 1. The molecule has 2 aliphatic carbocycles. The summed E-state index contributed by atoms with van der Waals surface area (Å²) in [5.74, 6) is 0.871. The summed E-state index contributed by atoms with van der Waals surface area (Å²) in [5, 5.41) is 11.2. The lowest BCUT2D eigenvalue weighted by molar-refractivity contribution is 0.0334. The average molecular weight is 450 g/mol. The van der Waals surface area contributed by atoms with Crippen molar-refractivity contribution >= 4 is 18.4 Å². The van der Waals surface area contributed by atoms with Gasteiger partial charge in [0.05, 0.1) is 12.9 Å². The van der Waals surface area contributed by atoms with Crippen molar-refractivity contribution in [2.75, 3.05) is 7.11 Å². The maximum absolute atomic E-state index is 12.9. The van der Waals surface area contributed by atoms with Crippen molar-refractivity contribution in [2.45, 2.75) is 70.5 Å². The Morgan fingerprint density at radius 2 is 1.74 bits per heavy atom. The Labute approximate surface area is 191 Å². The van der Waals surface area contributed by atoms with E-state index in [9.17, 15) is 9.90 Å². The van der Waals surface area contributed by atoms with Gasteiger partial charge in [0.25, 0.3) is 0 Å². The molecule has 1 unspecified atom stereocenters. The van der Waals surface area contributed by atoms with E-state index in [4.69, 9.17) is 16.2 Å². The smallest absolute Gasteiger partial charge is 0.316 e. The predicted molar refractivity (Wildman–Crippen MR) is 126 cm³/mol. The SMILES string of the molecule is COC1=CC(C(C)(C)C)=C(O)CC1(c1ccccc1)N(C(N)=O)C1CCC(N)CC1.Cl. The van der Waals surface area contributed by atoms with Crippen LogP contribution in [0.25, 0.3) is 0 Å². The zero-order valence-corrected chi connectivity index (χ0v) is 19.7. The molecule has 0 spiro atoms. The number of hydrogen-bond acceptors (Lipinski definition) is 4. The van der Waals surface area contributed by atoms with Crippen LogP contribution in [-0.2, 0) is 10.3 Å². The van der Waals surface area contributed by atoms with E-state index in [1.807, 2.05) is 57.2 Å². The van der Waals surface area contributed by atoms with Crippen LogP contribution in [0.2, 0.25) is 0 Å². The summed E-state index contributed by atoms with van der Waals surface area (Å²) in [4.78, 5) is 14.7. The minimum atomic E-state index is -1.01. The first-order valence-electron chi connectivity index (χ1n) is 10.7. The summed E-state index contributed by atoms with van der Waals surface area (Å²) in [5.41, 5.74) is 12.5. The zero-order chi connectivity index (χ0) is 22.1. The van der Waals surface area contributed by atoms with Gasteiger partial charge < -0.3 is 26.2 Å². The number of hydrogen-bond donors (Lipinski definition) is 3. The van der Waals surface area contributed by atoms with Gasteiger partial charge in [-0.3, -0.25) is 0 Å². The number of carbonyl (C=O) groups is 1. The van der Waals surface area contributed by atoms with E-state index >= 15 is 0 Å². The van der Waals surface area contributed by atoms with E-state index in [2.05, 4.69) is 0 Å². The first kappa shape index (κ1) is 25.1. The molecule has 172 valence electrons. The van der Waals surface area contributed by atoms with Crippen molar-refractivity contribution in [3.63, 3.8) is 0 Å². The normalized spacial score (nSPS) is 26.5. The first-order valence-corrected chi connectivity index (χ1v) is 10.7. The van der Waals surface area contributed by atoms with Crippen LogP contribution in [0.4, 0.5) is 4.79 Å². The second kappa shape index (κ2) is 9.53. The van der Waals surface area contributed by atoms with Crippen molar-refractivity contribution in [1.82, 2.24) is 4.90 Å². The van der Waals surface area contributed by atoms with Crippen molar-refractivity contribution in [3.8, 4) is 0 Å². The molecule has 2 amide bonds. The molecule has 0 aliphatic heterocycles. The number of benzene rings is 1. The fourth-order valence-corrected chi connectivity index (χ4v) is 4.98. The third-order valence-corrected chi connectivity index (χ3v) is 6.45. The molecule has 3 rings (SSSR count). The fourth-order valence-electron chi connectivity index (χ4n) is 4.98. The van der Waals surface area contributed by atoms with Crippen LogP contribution in [-0.4, -0.2) is 35.2 Å². The molecule has 1 fully saturated rings. The van der Waals surface area contributed by atoms with Crippen LogP contribution in [0, 0.1) is 5.41 Å². The summed E-state index contributed by atoms with van der Waals surface area (Å²) < 4.78 is 5.92. The number of primary amides is 1. The molecular formula is C24H36ClN3O3. The summed E-state index contributed by atoms with van der Waals surface area (Å²) in [6.07, 6.45) is 5.31. The third-order valence-electron chi connectivity index (χ3n) is 6.45. The zero-order valence-electron chi connectivity index (χ0n) is 18.9. The predicted octanol–water partition coefficient (Wildman–Crippen LogP) is 4.75. The molecule has 0 aromatic heterocycles. The number of ether oxygens (including phenoxy) is 1. The molecular weight excluding hydrogens is 414 g/mol. The van der Waals surface area contributed by atoms with Crippen LogP contribution >= 0.6 is 12.4 Å². The highest BCUT2D eigenvalue weighted by atomic mass is 35.5. The van der Waals surface area contributed by atoms with Gasteiger partial charge in [-0.25, -0.2) is 4.79 Å². The molecule has 0 heterocycles. The summed E-state index contributed by atoms with van der Waals surface area (Å²) in [6, 6.07) is 9.27. The second-order valence-electron chi connectivity index (χ2n) is 9.50. The maximum Gasteiger partial charge on any atom is 0.316 e. The monoisotopic (exact) mass is 449 g/mol. The van der Waals surface area contributed by atoms with Gasteiger partial charge in [0.2, 0.25) is 0 Å². The number of rotatable bonds is 4. The van der Waals surface area contributed by atoms with Gasteiger partial charge in [0.1, 0.15) is 11.3 Å². The van der Waals surface area contributed by atoms with Gasteiger partial charge in [0.15, 0.2) is 0 Å². The quantitative estimate of drug-likeness (QED) is 0.617. The molecule has 0 radical (unpaired) electrons. The second-order valence-corrected chi connectivity index (χ2v) is 9.50. The average Bonchev–Trinajstić information content (AvgIpc) is 2.69. The molecule has 1 saturated carbocycles. The highest BCUT2D eigenvalue weighted by Gasteiger charge is 2.51. The molecule has 5 N–H and O–H groups in total. The molecule has 0 saturated heterocycles. The Balaban J connectivity index is 0.00000341. The Hall–Kier alpha value is -2.18. The van der Waals surface area contributed by atoms with Crippen molar-refractivity contribution in [2.24, 2.45) is 16.9 Å². The molecule has 1 atom stereocenters. The van der Waals surface area contributed by atoms with E-state index in [1.54, 1.807) is 12.0 Å². The van der Waals surface area contributed by atoms with Gasteiger partial charge in [0, 0.05) is 18.5 Å². The number of amides is 2. The van der Waals surface area contributed by atoms with Gasteiger partial charge in [-0.05, 0) is 48.3 Å². The van der Waals surface area contributed by atoms with E-state index in [0.717, 1.165) is 36.8 Å². The largest absolute Gasteiger partial charge is 0.512 e. The number of allylic oxidation sites excluding steroid dienone is 2. The first-order chi connectivity index (χ1) is 14.1. The van der Waals surface area contributed by atoms with Crippen LogP contribution in [0.1, 0.15) is 58.4 Å². The summed E-state index contributed by atoms with van der Waals surface area (Å²) in [6.45, 7) is 6.14. The summed E-state index contributed by atoms with van der Waals surface area (Å²) >= 11 is 0. The van der Waals surface area contributed by atoms with Crippen molar-refractivity contribution < 1.29 is 14.6 Å². The molecule has 7 heteroatoms. The number of nitrogens with zero attached hydrogens (tertiary/aromatic N) is 1. The van der Waals surface area contributed by atoms with Crippen molar-refractivity contribution in [3.05, 3.63) is 59.1 Å². The Bertz CT molecular complexity index is 839. The minimum absolute atomic E-state index is 0. The fraction of sp³-hybridized carbons (Fsp3) is 0.542. The number of carbonyl (C=O) groups excluding carboxylic acids is 1. The number of urea groups is 1. The number of halogens is 1.